The van der Waals surface area contributed by atoms with Crippen molar-refractivity contribution >= 4 is 72.8 Å². The first-order chi connectivity index (χ1) is 25.1. The number of allylic oxidation sites excluding steroid dienone is 2. The first kappa shape index (κ1) is 34.5. The van der Waals surface area contributed by atoms with Gasteiger partial charge in [-0.2, -0.15) is 0 Å². The Labute approximate surface area is 313 Å². The van der Waals surface area contributed by atoms with Gasteiger partial charge in [-0.15, -0.1) is 0 Å². The molecule has 1 saturated heterocycles. The molecule has 0 aliphatic carbocycles. The van der Waals surface area contributed by atoms with Crippen molar-refractivity contribution in [2.75, 3.05) is 29.6 Å². The smallest absolute Gasteiger partial charge is 0.272 e. The molecule has 0 saturated carbocycles. The standard InChI is InChI=1S/C40H38Cl2N6O3S/c1-24-8-7-19-48-37(26-12-14-27(41)15-13-26)30-22-28(42)23-32-34(30)35(38(48)33(24)25-9-4-3-5-10-25)36(44-32)40(49)45-31-11-6-18-43-39(31)47-20-16-29(17-21-47)46-52(2,50)51/h3-7,9-15,18-19,22-24,29,37,44,46H,8,16-17,20-21H2,1-2H3,(H,45,49). The topological polar surface area (TPSA) is 110 Å². The highest BCUT2D eigenvalue weighted by Crippen LogP contribution is 2.53. The lowest BCUT2D eigenvalue weighted by Gasteiger charge is -2.39. The molecule has 8 rings (SSSR count). The first-order valence-corrected chi connectivity index (χ1v) is 20.0. The van der Waals surface area contributed by atoms with Crippen LogP contribution in [-0.2, 0) is 10.0 Å². The molecule has 5 heterocycles. The molecule has 1 amide bonds. The van der Waals surface area contributed by atoms with Crippen LogP contribution in [0.15, 0.2) is 97.3 Å². The molecule has 0 radical (unpaired) electrons. The minimum absolute atomic E-state index is 0.142. The fourth-order valence-corrected chi connectivity index (χ4v) is 9.18. The number of piperidine rings is 1. The molecule has 2 atom stereocenters. The number of aromatic amines is 1. The van der Waals surface area contributed by atoms with Gasteiger partial charge in [0.15, 0.2) is 5.82 Å². The molecule has 1 fully saturated rings. The summed E-state index contributed by atoms with van der Waals surface area (Å²) in [6.07, 6.45) is 9.31. The van der Waals surface area contributed by atoms with Gasteiger partial charge < -0.3 is 20.1 Å². The molecule has 52 heavy (non-hydrogen) atoms. The van der Waals surface area contributed by atoms with Crippen molar-refractivity contribution in [1.29, 1.82) is 0 Å². The van der Waals surface area contributed by atoms with Crippen LogP contribution >= 0.6 is 23.2 Å². The highest BCUT2D eigenvalue weighted by atomic mass is 35.5. The summed E-state index contributed by atoms with van der Waals surface area (Å²) >= 11 is 13.2. The molecular weight excluding hydrogens is 715 g/mol. The van der Waals surface area contributed by atoms with Gasteiger partial charge in [-0.05, 0) is 83.8 Å². The van der Waals surface area contributed by atoms with Crippen LogP contribution in [0.1, 0.15) is 65.0 Å². The number of amides is 1. The summed E-state index contributed by atoms with van der Waals surface area (Å²) in [5, 5.41) is 5.37. The highest BCUT2D eigenvalue weighted by molar-refractivity contribution is 7.88. The molecule has 2 unspecified atom stereocenters. The van der Waals surface area contributed by atoms with Gasteiger partial charge in [-0.25, -0.2) is 18.1 Å². The van der Waals surface area contributed by atoms with Crippen molar-refractivity contribution in [1.82, 2.24) is 19.6 Å². The van der Waals surface area contributed by atoms with Crippen molar-refractivity contribution in [3.8, 4) is 0 Å². The number of anilines is 2. The lowest BCUT2D eigenvalue weighted by Crippen LogP contribution is -2.44. The number of hydrogen-bond donors (Lipinski definition) is 3. The Morgan fingerprint density at radius 1 is 0.962 bits per heavy atom. The van der Waals surface area contributed by atoms with E-state index in [1.54, 1.807) is 12.3 Å². The number of hydrogen-bond acceptors (Lipinski definition) is 6. The van der Waals surface area contributed by atoms with E-state index in [-0.39, 0.29) is 23.9 Å². The molecule has 3 aliphatic heterocycles. The summed E-state index contributed by atoms with van der Waals surface area (Å²) in [7, 11) is -3.31. The van der Waals surface area contributed by atoms with Gasteiger partial charge in [0.05, 0.1) is 23.7 Å². The van der Waals surface area contributed by atoms with Gasteiger partial charge in [-0.1, -0.05) is 78.7 Å². The van der Waals surface area contributed by atoms with Crippen molar-refractivity contribution in [2.24, 2.45) is 5.92 Å². The number of aromatic nitrogens is 2. The van der Waals surface area contributed by atoms with E-state index >= 15 is 0 Å². The Bertz CT molecular complexity index is 2350. The summed E-state index contributed by atoms with van der Waals surface area (Å²) in [5.41, 5.74) is 7.82. The van der Waals surface area contributed by atoms with Crippen LogP contribution in [0.4, 0.5) is 11.5 Å². The lowest BCUT2D eigenvalue weighted by atomic mass is 9.82. The zero-order valence-electron chi connectivity index (χ0n) is 28.7. The van der Waals surface area contributed by atoms with Crippen molar-refractivity contribution in [3.63, 3.8) is 0 Å². The average molecular weight is 754 g/mol. The molecule has 3 aromatic carbocycles. The number of sulfonamides is 1. The van der Waals surface area contributed by atoms with Crippen LogP contribution in [-0.4, -0.2) is 54.6 Å². The van der Waals surface area contributed by atoms with Gasteiger partial charge >= 0.3 is 0 Å². The third-order valence-corrected chi connectivity index (χ3v) is 11.4. The summed E-state index contributed by atoms with van der Waals surface area (Å²) in [6.45, 7) is 3.41. The monoisotopic (exact) mass is 752 g/mol. The first-order valence-electron chi connectivity index (χ1n) is 17.4. The number of halogens is 2. The second-order valence-electron chi connectivity index (χ2n) is 13.8. The van der Waals surface area contributed by atoms with Crippen molar-refractivity contribution < 1.29 is 13.2 Å². The number of rotatable bonds is 7. The number of nitrogens with one attached hydrogen (secondary N) is 3. The Morgan fingerprint density at radius 2 is 1.71 bits per heavy atom. The fourth-order valence-electron chi connectivity index (χ4n) is 7.99. The van der Waals surface area contributed by atoms with Crippen LogP contribution in [0.5, 0.6) is 0 Å². The number of carbonyl (C=O) groups is 1. The molecular formula is C40H38Cl2N6O3S. The minimum atomic E-state index is -3.31. The molecule has 0 bridgehead atoms. The fraction of sp³-hybridized carbons (Fsp3) is 0.250. The molecule has 3 N–H and O–H groups in total. The molecule has 2 aromatic heterocycles. The molecule has 5 aromatic rings. The molecule has 9 nitrogen and oxygen atoms in total. The van der Waals surface area contributed by atoms with Crippen LogP contribution in [0.2, 0.25) is 10.0 Å². The summed E-state index contributed by atoms with van der Waals surface area (Å²) < 4.78 is 26.4. The van der Waals surface area contributed by atoms with E-state index in [0.717, 1.165) is 50.8 Å². The van der Waals surface area contributed by atoms with E-state index in [1.807, 2.05) is 36.4 Å². The SMILES string of the molecule is CC1CC=CN2C(=C1c1ccccc1)c1c(C(=O)Nc3cccnc3N3CCC(NS(C)(=O)=O)CC3)[nH]c3cc(Cl)cc(c13)C2c1ccc(Cl)cc1. The van der Waals surface area contributed by atoms with E-state index in [0.29, 0.717) is 53.2 Å². The maximum Gasteiger partial charge on any atom is 0.272 e. The van der Waals surface area contributed by atoms with Crippen LogP contribution < -0.4 is 14.9 Å². The Balaban J connectivity index is 1.28. The molecule has 0 spiro atoms. The van der Waals surface area contributed by atoms with Crippen LogP contribution in [0, 0.1) is 5.92 Å². The number of H-pyrrole nitrogens is 1. The van der Waals surface area contributed by atoms with Gasteiger partial charge in [0.1, 0.15) is 5.69 Å². The predicted octanol–water partition coefficient (Wildman–Crippen LogP) is 8.47. The number of carbonyl (C=O) groups excluding carboxylic acids is 1. The third-order valence-electron chi connectivity index (χ3n) is 10.2. The van der Waals surface area contributed by atoms with E-state index < -0.39 is 10.0 Å². The summed E-state index contributed by atoms with van der Waals surface area (Å²) in [5.74, 6) is 0.480. The quantitative estimate of drug-likeness (QED) is 0.154. The Hall–Kier alpha value is -4.61. The minimum Gasteiger partial charge on any atom is -0.355 e. The second-order valence-corrected chi connectivity index (χ2v) is 16.4. The number of pyridine rings is 1. The van der Waals surface area contributed by atoms with Crippen molar-refractivity contribution in [2.45, 2.75) is 38.3 Å². The van der Waals surface area contributed by atoms with Crippen LogP contribution in [0.3, 0.4) is 0 Å². The van der Waals surface area contributed by atoms with E-state index in [1.165, 1.54) is 6.26 Å². The van der Waals surface area contributed by atoms with Gasteiger partial charge in [0, 0.05) is 58.0 Å². The second kappa shape index (κ2) is 13.7. The third kappa shape index (κ3) is 6.49. The molecule has 266 valence electrons. The van der Waals surface area contributed by atoms with E-state index in [4.69, 9.17) is 23.2 Å². The Morgan fingerprint density at radius 3 is 2.44 bits per heavy atom. The number of fused-ring (bicyclic) bond motifs is 2. The predicted molar refractivity (Wildman–Crippen MR) is 210 cm³/mol. The summed E-state index contributed by atoms with van der Waals surface area (Å²) in [4.78, 5) is 27.3. The normalized spacial score (nSPS) is 19.2. The maximum absolute atomic E-state index is 14.7. The number of benzene rings is 3. The zero-order valence-corrected chi connectivity index (χ0v) is 31.1. The van der Waals surface area contributed by atoms with Gasteiger partial charge in [0.2, 0.25) is 10.0 Å². The van der Waals surface area contributed by atoms with E-state index in [9.17, 15) is 13.2 Å². The maximum atomic E-state index is 14.7. The molecule has 12 heteroatoms. The van der Waals surface area contributed by atoms with Crippen LogP contribution in [0.25, 0.3) is 22.2 Å². The number of nitrogens with zero attached hydrogens (tertiary/aromatic N) is 3. The zero-order chi connectivity index (χ0) is 36.1. The largest absolute Gasteiger partial charge is 0.355 e. The molecule has 3 aliphatic rings. The van der Waals surface area contributed by atoms with Gasteiger partial charge in [0.25, 0.3) is 5.91 Å². The van der Waals surface area contributed by atoms with E-state index in [2.05, 4.69) is 85.4 Å². The Kier molecular flexibility index (Phi) is 9.11. The average Bonchev–Trinajstić information content (AvgIpc) is 3.41. The lowest BCUT2D eigenvalue weighted by molar-refractivity contribution is 0.102. The van der Waals surface area contributed by atoms with Gasteiger partial charge in [-0.3, -0.25) is 4.79 Å². The highest BCUT2D eigenvalue weighted by Gasteiger charge is 2.40. The van der Waals surface area contributed by atoms with Crippen molar-refractivity contribution in [3.05, 3.63) is 135 Å². The summed E-state index contributed by atoms with van der Waals surface area (Å²) in [6, 6.07) is 25.5.